The first kappa shape index (κ1) is 33.2. The van der Waals surface area contributed by atoms with Crippen molar-refractivity contribution in [3.63, 3.8) is 0 Å². The Hall–Kier alpha value is -7.20. The minimum absolute atomic E-state index is 0.864. The van der Waals surface area contributed by atoms with E-state index < -0.39 is 0 Å². The van der Waals surface area contributed by atoms with Gasteiger partial charge in [-0.25, -0.2) is 0 Å². The zero-order valence-electron chi connectivity index (χ0n) is 31.0. The zero-order chi connectivity index (χ0) is 37.7. The summed E-state index contributed by atoms with van der Waals surface area (Å²) in [7, 11) is 0. The van der Waals surface area contributed by atoms with Gasteiger partial charge in [0.2, 0.25) is 0 Å². The van der Waals surface area contributed by atoms with Gasteiger partial charge in [0, 0.05) is 59.6 Å². The SMILES string of the molecule is c1ccc(-c2ccccc2-c2ccc(N(c3ccc(-c4ccccc4)c(-c4cccc5c4sc4ccccc45)c3)c3ccc4c(c3)oc3ccccc34)cc2)cc1. The van der Waals surface area contributed by atoms with Crippen molar-refractivity contribution in [2.24, 2.45) is 0 Å². The third kappa shape index (κ3) is 5.80. The molecule has 0 amide bonds. The second kappa shape index (κ2) is 13.8. The van der Waals surface area contributed by atoms with Crippen LogP contribution >= 0.6 is 11.3 Å². The highest BCUT2D eigenvalue weighted by Crippen LogP contribution is 2.46. The molecule has 57 heavy (non-hydrogen) atoms. The number of nitrogens with zero attached hydrogens (tertiary/aromatic N) is 1. The average molecular weight is 746 g/mol. The van der Waals surface area contributed by atoms with E-state index in [9.17, 15) is 0 Å². The van der Waals surface area contributed by atoms with Gasteiger partial charge in [-0.05, 0) is 87.5 Å². The van der Waals surface area contributed by atoms with Gasteiger partial charge in [-0.1, -0.05) is 158 Å². The van der Waals surface area contributed by atoms with Crippen LogP contribution in [0.15, 0.2) is 217 Å². The highest BCUT2D eigenvalue weighted by atomic mass is 32.1. The van der Waals surface area contributed by atoms with E-state index in [1.54, 1.807) is 0 Å². The summed E-state index contributed by atoms with van der Waals surface area (Å²) < 4.78 is 9.06. The number of fused-ring (bicyclic) bond motifs is 6. The normalized spacial score (nSPS) is 11.5. The largest absolute Gasteiger partial charge is 0.456 e. The highest BCUT2D eigenvalue weighted by molar-refractivity contribution is 7.26. The Labute approximate surface area is 335 Å². The lowest BCUT2D eigenvalue weighted by Crippen LogP contribution is -2.10. The van der Waals surface area contributed by atoms with Crippen LogP contribution in [-0.4, -0.2) is 0 Å². The molecule has 11 rings (SSSR count). The molecule has 0 aliphatic heterocycles. The molecule has 0 fully saturated rings. The number of anilines is 3. The van der Waals surface area contributed by atoms with Crippen molar-refractivity contribution < 1.29 is 4.42 Å². The fourth-order valence-electron chi connectivity index (χ4n) is 8.42. The first-order valence-electron chi connectivity index (χ1n) is 19.3. The lowest BCUT2D eigenvalue weighted by atomic mass is 9.92. The van der Waals surface area contributed by atoms with E-state index in [-0.39, 0.29) is 0 Å². The van der Waals surface area contributed by atoms with E-state index in [4.69, 9.17) is 4.42 Å². The Morgan fingerprint density at radius 3 is 1.60 bits per heavy atom. The van der Waals surface area contributed by atoms with Crippen LogP contribution in [0.4, 0.5) is 17.1 Å². The van der Waals surface area contributed by atoms with Gasteiger partial charge < -0.3 is 9.32 Å². The zero-order valence-corrected chi connectivity index (χ0v) is 31.8. The molecule has 0 aliphatic carbocycles. The first-order chi connectivity index (χ1) is 28.3. The highest BCUT2D eigenvalue weighted by Gasteiger charge is 2.20. The number of benzene rings is 9. The molecular formula is C54H35NOS. The van der Waals surface area contributed by atoms with E-state index in [1.165, 1.54) is 64.7 Å². The van der Waals surface area contributed by atoms with E-state index in [1.807, 2.05) is 23.5 Å². The molecule has 0 unspecified atom stereocenters. The smallest absolute Gasteiger partial charge is 0.137 e. The predicted molar refractivity (Wildman–Crippen MR) is 243 cm³/mol. The van der Waals surface area contributed by atoms with Gasteiger partial charge in [-0.15, -0.1) is 11.3 Å². The number of thiophene rings is 1. The van der Waals surface area contributed by atoms with Gasteiger partial charge >= 0.3 is 0 Å². The van der Waals surface area contributed by atoms with Crippen molar-refractivity contribution in [1.82, 2.24) is 0 Å². The van der Waals surface area contributed by atoms with E-state index in [0.29, 0.717) is 0 Å². The number of hydrogen-bond acceptors (Lipinski definition) is 3. The van der Waals surface area contributed by atoms with Crippen LogP contribution in [-0.2, 0) is 0 Å². The monoisotopic (exact) mass is 745 g/mol. The van der Waals surface area contributed by atoms with Crippen molar-refractivity contribution in [2.75, 3.05) is 4.90 Å². The number of rotatable bonds is 7. The van der Waals surface area contributed by atoms with Crippen molar-refractivity contribution in [3.8, 4) is 44.5 Å². The van der Waals surface area contributed by atoms with E-state index >= 15 is 0 Å². The maximum atomic E-state index is 6.47. The van der Waals surface area contributed by atoms with Gasteiger partial charge in [-0.3, -0.25) is 0 Å². The minimum Gasteiger partial charge on any atom is -0.456 e. The maximum Gasteiger partial charge on any atom is 0.137 e. The third-order valence-electron chi connectivity index (χ3n) is 11.1. The fourth-order valence-corrected chi connectivity index (χ4v) is 9.65. The standard InChI is InChI=1S/C54H35NOS/c1-3-14-36(15-4-1)42-18-7-8-19-43(42)38-26-28-39(29-27-38)55(41-31-33-46-45-20-9-11-24-51(45)56-52(46)35-41)40-30-32-44(37-16-5-2-6-17-37)50(34-40)49-23-13-22-48-47-21-10-12-25-53(47)57-54(48)49/h1-35H. The van der Waals surface area contributed by atoms with E-state index in [2.05, 4.69) is 205 Å². The van der Waals surface area contributed by atoms with Crippen LogP contribution in [0.3, 0.4) is 0 Å². The molecule has 9 aromatic carbocycles. The topological polar surface area (TPSA) is 16.4 Å². The van der Waals surface area contributed by atoms with Crippen LogP contribution < -0.4 is 4.90 Å². The lowest BCUT2D eigenvalue weighted by molar-refractivity contribution is 0.669. The Bertz CT molecular complexity index is 3230. The van der Waals surface area contributed by atoms with Crippen molar-refractivity contribution >= 4 is 70.5 Å². The molecule has 2 aromatic heterocycles. The Balaban J connectivity index is 1.12. The Morgan fingerprint density at radius 1 is 0.316 bits per heavy atom. The molecule has 2 heterocycles. The fraction of sp³-hybridized carbons (Fsp3) is 0. The summed E-state index contributed by atoms with van der Waals surface area (Å²) in [6, 6.07) is 76.4. The van der Waals surface area contributed by atoms with Gasteiger partial charge in [-0.2, -0.15) is 0 Å². The molecule has 0 spiro atoms. The van der Waals surface area contributed by atoms with Gasteiger partial charge in [0.15, 0.2) is 0 Å². The predicted octanol–water partition coefficient (Wildman–Crippen LogP) is 16.1. The van der Waals surface area contributed by atoms with Crippen molar-refractivity contribution in [1.29, 1.82) is 0 Å². The van der Waals surface area contributed by atoms with Crippen molar-refractivity contribution in [2.45, 2.75) is 0 Å². The molecule has 2 nitrogen and oxygen atoms in total. The van der Waals surface area contributed by atoms with Crippen LogP contribution in [0.5, 0.6) is 0 Å². The number of furan rings is 1. The summed E-state index contributed by atoms with van der Waals surface area (Å²) in [6.07, 6.45) is 0. The summed E-state index contributed by atoms with van der Waals surface area (Å²) in [5.41, 5.74) is 14.5. The molecular weight excluding hydrogens is 711 g/mol. The van der Waals surface area contributed by atoms with Crippen LogP contribution in [0.25, 0.3) is 86.6 Å². The van der Waals surface area contributed by atoms with Crippen LogP contribution in [0, 0.1) is 0 Å². The minimum atomic E-state index is 0.864. The molecule has 3 heteroatoms. The summed E-state index contributed by atoms with van der Waals surface area (Å²) in [5, 5.41) is 4.82. The summed E-state index contributed by atoms with van der Waals surface area (Å²) in [6.45, 7) is 0. The molecule has 0 bridgehead atoms. The molecule has 0 N–H and O–H groups in total. The average Bonchev–Trinajstić information content (AvgIpc) is 3.86. The molecule has 268 valence electrons. The van der Waals surface area contributed by atoms with Crippen LogP contribution in [0.1, 0.15) is 0 Å². The number of para-hydroxylation sites is 1. The maximum absolute atomic E-state index is 6.47. The van der Waals surface area contributed by atoms with E-state index in [0.717, 1.165) is 39.0 Å². The van der Waals surface area contributed by atoms with Gasteiger partial charge in [0.05, 0.1) is 0 Å². The number of hydrogen-bond donors (Lipinski definition) is 0. The quantitative estimate of drug-likeness (QED) is 0.162. The molecule has 0 aliphatic rings. The Kier molecular flexibility index (Phi) is 8.04. The lowest BCUT2D eigenvalue weighted by Gasteiger charge is -2.27. The molecule has 11 aromatic rings. The van der Waals surface area contributed by atoms with Crippen LogP contribution in [0.2, 0.25) is 0 Å². The summed E-state index contributed by atoms with van der Waals surface area (Å²) in [4.78, 5) is 2.36. The molecule has 0 saturated heterocycles. The molecule has 0 atom stereocenters. The second-order valence-electron chi connectivity index (χ2n) is 14.4. The summed E-state index contributed by atoms with van der Waals surface area (Å²) in [5.74, 6) is 0. The molecule has 0 saturated carbocycles. The third-order valence-corrected chi connectivity index (χ3v) is 12.3. The van der Waals surface area contributed by atoms with Gasteiger partial charge in [0.1, 0.15) is 11.2 Å². The van der Waals surface area contributed by atoms with Gasteiger partial charge in [0.25, 0.3) is 0 Å². The first-order valence-corrected chi connectivity index (χ1v) is 20.1. The Morgan fingerprint density at radius 2 is 0.842 bits per heavy atom. The van der Waals surface area contributed by atoms with Crippen molar-refractivity contribution in [3.05, 3.63) is 212 Å². The molecule has 0 radical (unpaired) electrons. The second-order valence-corrected chi connectivity index (χ2v) is 15.5. The summed E-state index contributed by atoms with van der Waals surface area (Å²) >= 11 is 1.87.